The van der Waals surface area contributed by atoms with Crippen LogP contribution in [0.15, 0.2) is 30.3 Å². The van der Waals surface area contributed by atoms with Gasteiger partial charge in [-0.2, -0.15) is 0 Å². The smallest absolute Gasteiger partial charge is 0.135 e. The van der Waals surface area contributed by atoms with Crippen LogP contribution in [0.25, 0.3) is 0 Å². The molecular weight excluding hydrogens is 262 g/mol. The Morgan fingerprint density at radius 3 is 2.19 bits per heavy atom. The Bertz CT molecular complexity index is 648. The summed E-state index contributed by atoms with van der Waals surface area (Å²) in [5.74, 6) is 2.40. The van der Waals surface area contributed by atoms with Gasteiger partial charge >= 0.3 is 0 Å². The molecule has 0 unspecified atom stereocenters. The van der Waals surface area contributed by atoms with E-state index < -0.39 is 0 Å². The van der Waals surface area contributed by atoms with Gasteiger partial charge in [0.2, 0.25) is 0 Å². The van der Waals surface area contributed by atoms with Crippen molar-refractivity contribution in [2.75, 3.05) is 7.11 Å². The fraction of sp³-hybridized carbons (Fsp3) is 0.333. The summed E-state index contributed by atoms with van der Waals surface area (Å²) >= 11 is 0. The maximum Gasteiger partial charge on any atom is 0.135 e. The average molecular weight is 285 g/mol. The van der Waals surface area contributed by atoms with Crippen molar-refractivity contribution in [1.29, 1.82) is 0 Å². The van der Waals surface area contributed by atoms with Crippen molar-refractivity contribution >= 4 is 0 Å². The maximum atomic E-state index is 6.20. The summed E-state index contributed by atoms with van der Waals surface area (Å²) < 4.78 is 11.6. The first-order valence-electron chi connectivity index (χ1n) is 7.12. The highest BCUT2D eigenvalue weighted by Gasteiger charge is 2.16. The van der Waals surface area contributed by atoms with E-state index in [1.165, 1.54) is 5.56 Å². The zero-order valence-electron chi connectivity index (χ0n) is 13.4. The molecule has 0 aliphatic carbocycles. The summed E-state index contributed by atoms with van der Waals surface area (Å²) in [6.07, 6.45) is 0. The number of ether oxygens (including phenoxy) is 2. The van der Waals surface area contributed by atoms with E-state index in [0.29, 0.717) is 0 Å². The van der Waals surface area contributed by atoms with E-state index in [-0.39, 0.29) is 6.04 Å². The summed E-state index contributed by atoms with van der Waals surface area (Å²) in [7, 11) is 1.65. The first kappa shape index (κ1) is 15.4. The second-order valence-electron chi connectivity index (χ2n) is 5.42. The Labute approximate surface area is 126 Å². The Morgan fingerprint density at radius 1 is 0.952 bits per heavy atom. The normalized spacial score (nSPS) is 12.1. The van der Waals surface area contributed by atoms with E-state index in [4.69, 9.17) is 15.2 Å². The largest absolute Gasteiger partial charge is 0.496 e. The predicted molar refractivity (Wildman–Crippen MR) is 86.3 cm³/mol. The van der Waals surface area contributed by atoms with Crippen LogP contribution in [0.5, 0.6) is 17.2 Å². The van der Waals surface area contributed by atoms with Gasteiger partial charge in [-0.3, -0.25) is 0 Å². The van der Waals surface area contributed by atoms with Gasteiger partial charge in [0.05, 0.1) is 12.7 Å². The van der Waals surface area contributed by atoms with Gasteiger partial charge < -0.3 is 15.2 Å². The van der Waals surface area contributed by atoms with E-state index in [1.54, 1.807) is 7.11 Å². The summed E-state index contributed by atoms with van der Waals surface area (Å²) in [5.41, 5.74) is 10.4. The Hall–Kier alpha value is -2.00. The molecule has 2 N–H and O–H groups in total. The van der Waals surface area contributed by atoms with Gasteiger partial charge in [-0.25, -0.2) is 0 Å². The molecule has 3 nitrogen and oxygen atoms in total. The maximum absolute atomic E-state index is 6.20. The molecule has 21 heavy (non-hydrogen) atoms. The highest BCUT2D eigenvalue weighted by molar-refractivity contribution is 5.52. The zero-order chi connectivity index (χ0) is 15.6. The number of methoxy groups -OCH3 is 1. The molecule has 1 atom stereocenters. The molecule has 2 rings (SSSR count). The number of benzene rings is 2. The third-order valence-electron chi connectivity index (χ3n) is 3.79. The fourth-order valence-corrected chi connectivity index (χ4v) is 2.43. The van der Waals surface area contributed by atoms with E-state index in [2.05, 4.69) is 26.0 Å². The molecule has 0 saturated carbocycles. The second-order valence-corrected chi connectivity index (χ2v) is 5.42. The number of hydrogen-bond acceptors (Lipinski definition) is 3. The number of hydrogen-bond donors (Lipinski definition) is 1. The van der Waals surface area contributed by atoms with Crippen LogP contribution >= 0.6 is 0 Å². The standard InChI is InChI=1S/C18H23NO2/c1-11-9-10-12(2)18(13(11)3)21-16-8-6-7-15(20-5)17(16)14(4)19/h6-10,14H,19H2,1-5H3/t14-/m0/s1. The monoisotopic (exact) mass is 285 g/mol. The first-order valence-corrected chi connectivity index (χ1v) is 7.12. The lowest BCUT2D eigenvalue weighted by atomic mass is 10.0. The summed E-state index contributed by atoms with van der Waals surface area (Å²) in [6, 6.07) is 9.77. The molecule has 0 saturated heterocycles. The lowest BCUT2D eigenvalue weighted by Crippen LogP contribution is -2.09. The Balaban J connectivity index is 2.52. The van der Waals surface area contributed by atoms with Crippen LogP contribution in [0.3, 0.4) is 0 Å². The van der Waals surface area contributed by atoms with Crippen molar-refractivity contribution in [3.8, 4) is 17.2 Å². The van der Waals surface area contributed by atoms with Crippen LogP contribution in [0.2, 0.25) is 0 Å². The number of rotatable bonds is 4. The van der Waals surface area contributed by atoms with Gasteiger partial charge in [0, 0.05) is 6.04 Å². The van der Waals surface area contributed by atoms with Crippen LogP contribution in [-0.4, -0.2) is 7.11 Å². The lowest BCUT2D eigenvalue weighted by molar-refractivity contribution is 0.396. The van der Waals surface area contributed by atoms with Crippen LogP contribution in [0, 0.1) is 20.8 Å². The lowest BCUT2D eigenvalue weighted by Gasteiger charge is -2.19. The van der Waals surface area contributed by atoms with E-state index in [1.807, 2.05) is 32.0 Å². The van der Waals surface area contributed by atoms with Crippen molar-refractivity contribution < 1.29 is 9.47 Å². The van der Waals surface area contributed by atoms with Gasteiger partial charge in [0.15, 0.2) is 0 Å². The van der Waals surface area contributed by atoms with Crippen molar-refractivity contribution in [1.82, 2.24) is 0 Å². The molecule has 3 heteroatoms. The average Bonchev–Trinajstić information content (AvgIpc) is 2.47. The zero-order valence-corrected chi connectivity index (χ0v) is 13.4. The molecule has 0 radical (unpaired) electrons. The van der Waals surface area contributed by atoms with Crippen LogP contribution in [0.4, 0.5) is 0 Å². The van der Waals surface area contributed by atoms with Crippen LogP contribution < -0.4 is 15.2 Å². The van der Waals surface area contributed by atoms with Crippen molar-refractivity contribution in [3.63, 3.8) is 0 Å². The molecule has 0 aliphatic heterocycles. The molecule has 0 spiro atoms. The minimum Gasteiger partial charge on any atom is -0.496 e. The quantitative estimate of drug-likeness (QED) is 0.903. The van der Waals surface area contributed by atoms with Crippen LogP contribution in [0.1, 0.15) is 35.2 Å². The molecule has 0 fully saturated rings. The molecule has 112 valence electrons. The fourth-order valence-electron chi connectivity index (χ4n) is 2.43. The van der Waals surface area contributed by atoms with Crippen molar-refractivity contribution in [2.24, 2.45) is 5.73 Å². The number of nitrogens with two attached hydrogens (primary N) is 1. The van der Waals surface area contributed by atoms with E-state index in [0.717, 1.165) is 33.9 Å². The molecule has 0 bridgehead atoms. The van der Waals surface area contributed by atoms with E-state index >= 15 is 0 Å². The Kier molecular flexibility index (Phi) is 4.53. The molecule has 2 aromatic carbocycles. The molecular formula is C18H23NO2. The highest BCUT2D eigenvalue weighted by atomic mass is 16.5. The molecule has 0 heterocycles. The molecule has 0 amide bonds. The van der Waals surface area contributed by atoms with E-state index in [9.17, 15) is 0 Å². The molecule has 2 aromatic rings. The van der Waals surface area contributed by atoms with Gasteiger partial charge in [0.1, 0.15) is 17.2 Å². The highest BCUT2D eigenvalue weighted by Crippen LogP contribution is 2.38. The third-order valence-corrected chi connectivity index (χ3v) is 3.79. The predicted octanol–water partition coefficient (Wildman–Crippen LogP) is 4.43. The first-order chi connectivity index (χ1) is 9.95. The third kappa shape index (κ3) is 3.03. The summed E-state index contributed by atoms with van der Waals surface area (Å²) in [4.78, 5) is 0. The Morgan fingerprint density at radius 2 is 1.57 bits per heavy atom. The summed E-state index contributed by atoms with van der Waals surface area (Å²) in [6.45, 7) is 8.14. The minimum atomic E-state index is -0.165. The SMILES string of the molecule is COc1cccc(Oc2c(C)ccc(C)c2C)c1[C@H](C)N. The second kappa shape index (κ2) is 6.19. The minimum absolute atomic E-state index is 0.165. The van der Waals surface area contributed by atoms with Gasteiger partial charge in [-0.1, -0.05) is 18.2 Å². The molecule has 0 aromatic heterocycles. The molecule has 0 aliphatic rings. The summed E-state index contributed by atoms with van der Waals surface area (Å²) in [5, 5.41) is 0. The topological polar surface area (TPSA) is 44.5 Å². The van der Waals surface area contributed by atoms with Gasteiger partial charge in [-0.15, -0.1) is 0 Å². The number of aryl methyl sites for hydroxylation is 2. The van der Waals surface area contributed by atoms with Crippen molar-refractivity contribution in [2.45, 2.75) is 33.7 Å². The van der Waals surface area contributed by atoms with Crippen LogP contribution in [-0.2, 0) is 0 Å². The van der Waals surface area contributed by atoms with Gasteiger partial charge in [0.25, 0.3) is 0 Å². The van der Waals surface area contributed by atoms with Gasteiger partial charge in [-0.05, 0) is 56.5 Å². The van der Waals surface area contributed by atoms with Crippen molar-refractivity contribution in [3.05, 3.63) is 52.6 Å².